The summed E-state index contributed by atoms with van der Waals surface area (Å²) in [6.07, 6.45) is 2.93. The lowest BCUT2D eigenvalue weighted by molar-refractivity contribution is -0.138. The highest BCUT2D eigenvalue weighted by molar-refractivity contribution is 6.32. The highest BCUT2D eigenvalue weighted by Crippen LogP contribution is 2.40. The lowest BCUT2D eigenvalue weighted by atomic mass is 10.1. The Morgan fingerprint density at radius 1 is 1.26 bits per heavy atom. The van der Waals surface area contributed by atoms with Gasteiger partial charge in [-0.05, 0) is 43.4 Å². The molecule has 2 unspecified atom stereocenters. The topological polar surface area (TPSA) is 68.7 Å². The number of hydrogen-bond acceptors (Lipinski definition) is 4. The summed E-state index contributed by atoms with van der Waals surface area (Å²) in [6.45, 7) is 0.784. The third-order valence-corrected chi connectivity index (χ3v) is 5.14. The first-order valence-electron chi connectivity index (χ1n) is 8.96. The normalized spacial score (nSPS) is 21.0. The van der Waals surface area contributed by atoms with Gasteiger partial charge < -0.3 is 14.6 Å². The smallest absolute Gasteiger partial charge is 0.306 e. The van der Waals surface area contributed by atoms with Crippen molar-refractivity contribution in [3.8, 4) is 22.9 Å². The van der Waals surface area contributed by atoms with Gasteiger partial charge in [-0.25, -0.2) is 9.37 Å². The van der Waals surface area contributed by atoms with Crippen LogP contribution >= 0.6 is 11.6 Å². The van der Waals surface area contributed by atoms with Gasteiger partial charge in [0.25, 0.3) is 0 Å². The van der Waals surface area contributed by atoms with Gasteiger partial charge in [0.05, 0.1) is 29.8 Å². The molecule has 2 aromatic rings. The van der Waals surface area contributed by atoms with E-state index in [1.807, 2.05) is 0 Å². The number of pyridine rings is 1. The summed E-state index contributed by atoms with van der Waals surface area (Å²) >= 11 is 6.20. The number of halogens is 2. The van der Waals surface area contributed by atoms with Crippen LogP contribution in [0, 0.1) is 23.6 Å². The Balaban J connectivity index is 1.46. The van der Waals surface area contributed by atoms with Crippen LogP contribution in [-0.4, -0.2) is 29.3 Å². The van der Waals surface area contributed by atoms with Crippen LogP contribution in [0.5, 0.6) is 11.6 Å². The summed E-state index contributed by atoms with van der Waals surface area (Å²) in [5.74, 6) is -0.891. The van der Waals surface area contributed by atoms with E-state index in [1.165, 1.54) is 18.9 Å². The molecule has 2 fully saturated rings. The van der Waals surface area contributed by atoms with E-state index < -0.39 is 17.7 Å². The molecule has 0 bridgehead atoms. The molecule has 0 aliphatic heterocycles. The first kappa shape index (κ1) is 18.0. The maximum atomic E-state index is 14.5. The molecular weight excluding hydrogens is 373 g/mol. The Labute approximate surface area is 161 Å². The van der Waals surface area contributed by atoms with E-state index in [4.69, 9.17) is 26.2 Å². The lowest BCUT2D eigenvalue weighted by Crippen LogP contribution is -2.07. The largest absolute Gasteiger partial charge is 0.489 e. The Hall–Kier alpha value is -2.34. The van der Waals surface area contributed by atoms with Crippen molar-refractivity contribution in [2.24, 2.45) is 17.8 Å². The zero-order valence-corrected chi connectivity index (χ0v) is 15.3. The minimum atomic E-state index is -0.847. The van der Waals surface area contributed by atoms with E-state index in [0.717, 1.165) is 0 Å². The van der Waals surface area contributed by atoms with E-state index in [-0.39, 0.29) is 23.3 Å². The molecule has 5 nitrogen and oxygen atoms in total. The van der Waals surface area contributed by atoms with Gasteiger partial charge >= 0.3 is 5.97 Å². The molecule has 2 aliphatic rings. The second-order valence-electron chi connectivity index (χ2n) is 7.14. The molecule has 0 radical (unpaired) electrons. The molecule has 1 aromatic heterocycles. The molecular formula is C20H19ClFNO4. The summed E-state index contributed by atoms with van der Waals surface area (Å²) in [6, 6.07) is 8.25. The van der Waals surface area contributed by atoms with Gasteiger partial charge in [-0.15, -0.1) is 0 Å². The van der Waals surface area contributed by atoms with Gasteiger partial charge in [0, 0.05) is 17.5 Å². The van der Waals surface area contributed by atoms with Crippen LogP contribution < -0.4 is 9.47 Å². The number of carboxylic acids is 1. The summed E-state index contributed by atoms with van der Waals surface area (Å²) in [5.41, 5.74) is 1.08. The zero-order chi connectivity index (χ0) is 19.0. The summed E-state index contributed by atoms with van der Waals surface area (Å²) in [5, 5.41) is 9.04. The molecule has 2 atom stereocenters. The third kappa shape index (κ3) is 4.33. The van der Waals surface area contributed by atoms with Gasteiger partial charge in [0.1, 0.15) is 0 Å². The third-order valence-electron chi connectivity index (χ3n) is 4.86. The Morgan fingerprint density at radius 2 is 2.07 bits per heavy atom. The predicted molar refractivity (Wildman–Crippen MR) is 97.6 cm³/mol. The van der Waals surface area contributed by atoms with Gasteiger partial charge in [-0.3, -0.25) is 4.79 Å². The number of nitrogens with zero attached hydrogens (tertiary/aromatic N) is 1. The van der Waals surface area contributed by atoms with E-state index in [1.54, 1.807) is 24.3 Å². The van der Waals surface area contributed by atoms with E-state index in [0.29, 0.717) is 36.1 Å². The standard InChI is InChI=1S/C20H19ClFNO4/c21-15-7-12(17-2-1-3-18(23-17)26-9-11-4-5-11)8-16(22)19(15)27-10-13-6-14(13)20(24)25/h1-3,7-8,11,13-14H,4-6,9-10H2,(H,24,25). The maximum Gasteiger partial charge on any atom is 0.306 e. The molecule has 1 aromatic carbocycles. The average Bonchev–Trinajstić information content (AvgIpc) is 3.53. The Morgan fingerprint density at radius 3 is 2.74 bits per heavy atom. The summed E-state index contributed by atoms with van der Waals surface area (Å²) < 4.78 is 25.6. The second-order valence-corrected chi connectivity index (χ2v) is 7.54. The SMILES string of the molecule is O=C(O)C1CC1COc1c(F)cc(-c2cccc(OCC3CC3)n2)cc1Cl. The van der Waals surface area contributed by atoms with E-state index >= 15 is 0 Å². The minimum absolute atomic E-state index is 0.0578. The van der Waals surface area contributed by atoms with Crippen molar-refractivity contribution in [2.75, 3.05) is 13.2 Å². The van der Waals surface area contributed by atoms with Crippen LogP contribution in [0.3, 0.4) is 0 Å². The molecule has 142 valence electrons. The number of aliphatic carboxylic acids is 1. The minimum Gasteiger partial charge on any atom is -0.489 e. The number of ether oxygens (including phenoxy) is 2. The Bertz CT molecular complexity index is 848. The van der Waals surface area contributed by atoms with Crippen molar-refractivity contribution >= 4 is 17.6 Å². The maximum absolute atomic E-state index is 14.5. The van der Waals surface area contributed by atoms with Gasteiger partial charge in [0.15, 0.2) is 11.6 Å². The number of hydrogen-bond donors (Lipinski definition) is 1. The second kappa shape index (κ2) is 7.35. The van der Waals surface area contributed by atoms with Gasteiger partial charge in [-0.1, -0.05) is 17.7 Å². The van der Waals surface area contributed by atoms with Crippen LogP contribution in [-0.2, 0) is 4.79 Å². The van der Waals surface area contributed by atoms with Crippen molar-refractivity contribution in [3.05, 3.63) is 41.2 Å². The van der Waals surface area contributed by atoms with Crippen molar-refractivity contribution in [3.63, 3.8) is 0 Å². The molecule has 1 N–H and O–H groups in total. The van der Waals surface area contributed by atoms with E-state index in [9.17, 15) is 9.18 Å². The molecule has 1 heterocycles. The average molecular weight is 392 g/mol. The summed E-state index contributed by atoms with van der Waals surface area (Å²) in [7, 11) is 0. The van der Waals surface area contributed by atoms with E-state index in [2.05, 4.69) is 4.98 Å². The van der Waals surface area contributed by atoms with Crippen molar-refractivity contribution < 1.29 is 23.8 Å². The fraction of sp³-hybridized carbons (Fsp3) is 0.400. The van der Waals surface area contributed by atoms with Crippen LogP contribution in [0.15, 0.2) is 30.3 Å². The molecule has 7 heteroatoms. The molecule has 2 saturated carbocycles. The Kier molecular flexibility index (Phi) is 4.91. The van der Waals surface area contributed by atoms with Crippen molar-refractivity contribution in [1.82, 2.24) is 4.98 Å². The number of aromatic nitrogens is 1. The first-order chi connectivity index (χ1) is 13.0. The molecule has 27 heavy (non-hydrogen) atoms. The molecule has 0 saturated heterocycles. The van der Waals surface area contributed by atoms with Crippen molar-refractivity contribution in [1.29, 1.82) is 0 Å². The van der Waals surface area contributed by atoms with Crippen LogP contribution in [0.2, 0.25) is 5.02 Å². The van der Waals surface area contributed by atoms with Crippen LogP contribution in [0.1, 0.15) is 19.3 Å². The molecule has 0 amide bonds. The summed E-state index contributed by atoms with van der Waals surface area (Å²) in [4.78, 5) is 15.3. The van der Waals surface area contributed by atoms with Gasteiger partial charge in [0.2, 0.25) is 5.88 Å². The highest BCUT2D eigenvalue weighted by atomic mass is 35.5. The number of carboxylic acid groups (broad SMARTS) is 1. The highest BCUT2D eigenvalue weighted by Gasteiger charge is 2.43. The quantitative estimate of drug-likeness (QED) is 0.721. The number of rotatable bonds is 8. The number of benzene rings is 1. The van der Waals surface area contributed by atoms with Crippen LogP contribution in [0.25, 0.3) is 11.3 Å². The fourth-order valence-corrected chi connectivity index (χ4v) is 3.18. The number of carbonyl (C=O) groups is 1. The molecule has 2 aliphatic carbocycles. The van der Waals surface area contributed by atoms with Crippen LogP contribution in [0.4, 0.5) is 4.39 Å². The van der Waals surface area contributed by atoms with Gasteiger partial charge in [-0.2, -0.15) is 0 Å². The monoisotopic (exact) mass is 391 g/mol. The predicted octanol–water partition coefficient (Wildman–Crippen LogP) is 4.43. The lowest BCUT2D eigenvalue weighted by Gasteiger charge is -2.11. The molecule has 4 rings (SSSR count). The first-order valence-corrected chi connectivity index (χ1v) is 9.34. The van der Waals surface area contributed by atoms with Crippen molar-refractivity contribution in [2.45, 2.75) is 19.3 Å². The zero-order valence-electron chi connectivity index (χ0n) is 14.5. The fourth-order valence-electron chi connectivity index (χ4n) is 2.91. The molecule has 0 spiro atoms.